The van der Waals surface area contributed by atoms with E-state index >= 15 is 0 Å². The molecule has 1 radical (unpaired) electrons. The SMILES string of the molecule is [CH2]CCc1nc2ccccc2o1. The van der Waals surface area contributed by atoms with Crippen molar-refractivity contribution in [2.75, 3.05) is 0 Å². The Kier molecular flexibility index (Phi) is 1.82. The fraction of sp³-hybridized carbons (Fsp3) is 0.200. The number of nitrogens with zero attached hydrogens (tertiary/aromatic N) is 1. The standard InChI is InChI=1S/C10H10NO/c1-2-5-10-11-8-6-3-4-7-9(8)12-10/h3-4,6-7H,1-2,5H2. The summed E-state index contributed by atoms with van der Waals surface area (Å²) in [5.74, 6) is 0.784. The Morgan fingerprint density at radius 3 is 2.92 bits per heavy atom. The molecule has 0 amide bonds. The number of rotatable bonds is 2. The van der Waals surface area contributed by atoms with Gasteiger partial charge < -0.3 is 4.42 Å². The topological polar surface area (TPSA) is 26.0 Å². The molecule has 0 saturated heterocycles. The third kappa shape index (κ3) is 1.20. The highest BCUT2D eigenvalue weighted by molar-refractivity contribution is 5.72. The quantitative estimate of drug-likeness (QED) is 0.674. The smallest absolute Gasteiger partial charge is 0.195 e. The van der Waals surface area contributed by atoms with Crippen LogP contribution in [0.3, 0.4) is 0 Å². The fourth-order valence-electron chi connectivity index (χ4n) is 1.18. The Bertz CT molecular complexity index is 345. The van der Waals surface area contributed by atoms with E-state index in [0.29, 0.717) is 0 Å². The van der Waals surface area contributed by atoms with Crippen molar-refractivity contribution >= 4 is 11.1 Å². The third-order valence-corrected chi connectivity index (χ3v) is 1.73. The highest BCUT2D eigenvalue weighted by Crippen LogP contribution is 2.15. The van der Waals surface area contributed by atoms with Crippen LogP contribution in [0.2, 0.25) is 0 Å². The van der Waals surface area contributed by atoms with Gasteiger partial charge in [-0.3, -0.25) is 0 Å². The zero-order valence-electron chi connectivity index (χ0n) is 6.79. The Morgan fingerprint density at radius 2 is 2.17 bits per heavy atom. The molecule has 0 aliphatic heterocycles. The zero-order valence-corrected chi connectivity index (χ0v) is 6.79. The maximum Gasteiger partial charge on any atom is 0.195 e. The first kappa shape index (κ1) is 7.35. The minimum atomic E-state index is 0.784. The first-order valence-electron chi connectivity index (χ1n) is 4.04. The Labute approximate surface area is 71.2 Å². The molecule has 0 unspecified atom stereocenters. The number of aryl methyl sites for hydroxylation is 1. The molecule has 1 heterocycles. The minimum absolute atomic E-state index is 0.784. The largest absolute Gasteiger partial charge is 0.441 e. The summed E-state index contributed by atoms with van der Waals surface area (Å²) in [7, 11) is 0. The number of aromatic nitrogens is 1. The van der Waals surface area contributed by atoms with Crippen LogP contribution in [0.15, 0.2) is 28.7 Å². The van der Waals surface area contributed by atoms with Gasteiger partial charge in [-0.1, -0.05) is 19.1 Å². The number of hydrogen-bond acceptors (Lipinski definition) is 2. The Balaban J connectivity index is 2.47. The van der Waals surface area contributed by atoms with Crippen LogP contribution >= 0.6 is 0 Å². The molecule has 12 heavy (non-hydrogen) atoms. The first-order chi connectivity index (χ1) is 5.90. The Hall–Kier alpha value is -1.31. The molecule has 0 N–H and O–H groups in total. The van der Waals surface area contributed by atoms with Gasteiger partial charge in [-0.15, -0.1) is 0 Å². The van der Waals surface area contributed by atoms with Gasteiger partial charge in [0.05, 0.1) is 0 Å². The number of hydrogen-bond donors (Lipinski definition) is 0. The fourth-order valence-corrected chi connectivity index (χ4v) is 1.18. The van der Waals surface area contributed by atoms with Gasteiger partial charge in [-0.05, 0) is 18.6 Å². The van der Waals surface area contributed by atoms with Gasteiger partial charge in [0.1, 0.15) is 5.52 Å². The van der Waals surface area contributed by atoms with Crippen molar-refractivity contribution in [2.45, 2.75) is 12.8 Å². The molecule has 0 atom stereocenters. The average Bonchev–Trinajstić information content (AvgIpc) is 2.47. The van der Waals surface area contributed by atoms with E-state index in [-0.39, 0.29) is 0 Å². The summed E-state index contributed by atoms with van der Waals surface area (Å²) in [6, 6.07) is 7.78. The van der Waals surface area contributed by atoms with Gasteiger partial charge in [0, 0.05) is 6.42 Å². The van der Waals surface area contributed by atoms with Gasteiger partial charge in [-0.25, -0.2) is 4.98 Å². The maximum absolute atomic E-state index is 5.46. The van der Waals surface area contributed by atoms with Crippen LogP contribution in [0, 0.1) is 6.92 Å². The molecule has 2 heteroatoms. The minimum Gasteiger partial charge on any atom is -0.441 e. The molecule has 61 valence electrons. The summed E-state index contributed by atoms with van der Waals surface area (Å²) in [4.78, 5) is 4.30. The summed E-state index contributed by atoms with van der Waals surface area (Å²) >= 11 is 0. The number of para-hydroxylation sites is 2. The van der Waals surface area contributed by atoms with E-state index in [0.717, 1.165) is 29.8 Å². The van der Waals surface area contributed by atoms with Gasteiger partial charge in [0.2, 0.25) is 0 Å². The van der Waals surface area contributed by atoms with E-state index in [1.165, 1.54) is 0 Å². The van der Waals surface area contributed by atoms with Crippen LogP contribution in [-0.2, 0) is 6.42 Å². The molecule has 0 spiro atoms. The van der Waals surface area contributed by atoms with Gasteiger partial charge >= 0.3 is 0 Å². The number of fused-ring (bicyclic) bond motifs is 1. The Morgan fingerprint density at radius 1 is 1.33 bits per heavy atom. The molecule has 2 aromatic rings. The van der Waals surface area contributed by atoms with E-state index in [1.54, 1.807) is 0 Å². The van der Waals surface area contributed by atoms with Crippen molar-refractivity contribution in [1.29, 1.82) is 0 Å². The molecule has 1 aromatic carbocycles. The molecule has 0 aliphatic rings. The lowest BCUT2D eigenvalue weighted by atomic mass is 10.3. The van der Waals surface area contributed by atoms with Crippen LogP contribution in [0.1, 0.15) is 12.3 Å². The second-order valence-corrected chi connectivity index (χ2v) is 2.68. The maximum atomic E-state index is 5.46. The summed E-state index contributed by atoms with van der Waals surface area (Å²) in [5.41, 5.74) is 1.79. The van der Waals surface area contributed by atoms with E-state index in [9.17, 15) is 0 Å². The highest BCUT2D eigenvalue weighted by Gasteiger charge is 2.02. The predicted octanol–water partition coefficient (Wildman–Crippen LogP) is 2.59. The van der Waals surface area contributed by atoms with Gasteiger partial charge in [0.25, 0.3) is 0 Å². The number of oxazole rings is 1. The monoisotopic (exact) mass is 160 g/mol. The molecule has 2 rings (SSSR count). The van der Waals surface area contributed by atoms with Crippen molar-refractivity contribution < 1.29 is 4.42 Å². The second kappa shape index (κ2) is 2.97. The lowest BCUT2D eigenvalue weighted by Crippen LogP contribution is -1.80. The molecule has 1 aromatic heterocycles. The molecule has 0 bridgehead atoms. The van der Waals surface area contributed by atoms with Crippen LogP contribution < -0.4 is 0 Å². The van der Waals surface area contributed by atoms with E-state index < -0.39 is 0 Å². The van der Waals surface area contributed by atoms with Crippen LogP contribution in [0.5, 0.6) is 0 Å². The molecule has 0 aliphatic carbocycles. The van der Waals surface area contributed by atoms with Crippen molar-refractivity contribution in [1.82, 2.24) is 4.98 Å². The average molecular weight is 160 g/mol. The van der Waals surface area contributed by atoms with Crippen molar-refractivity contribution in [3.8, 4) is 0 Å². The van der Waals surface area contributed by atoms with Gasteiger partial charge in [-0.2, -0.15) is 0 Å². The second-order valence-electron chi connectivity index (χ2n) is 2.68. The number of benzene rings is 1. The van der Waals surface area contributed by atoms with E-state index in [1.807, 2.05) is 24.3 Å². The zero-order chi connectivity index (χ0) is 8.39. The van der Waals surface area contributed by atoms with E-state index in [2.05, 4.69) is 11.9 Å². The highest BCUT2D eigenvalue weighted by atomic mass is 16.3. The predicted molar refractivity (Wildman–Crippen MR) is 47.7 cm³/mol. The van der Waals surface area contributed by atoms with Crippen LogP contribution in [0.4, 0.5) is 0 Å². The van der Waals surface area contributed by atoms with Crippen molar-refractivity contribution in [2.24, 2.45) is 0 Å². The molecule has 0 saturated carbocycles. The summed E-state index contributed by atoms with van der Waals surface area (Å²) in [5, 5.41) is 0. The summed E-state index contributed by atoms with van der Waals surface area (Å²) < 4.78 is 5.46. The lowest BCUT2D eigenvalue weighted by molar-refractivity contribution is 0.530. The van der Waals surface area contributed by atoms with Crippen molar-refractivity contribution in [3.05, 3.63) is 37.1 Å². The first-order valence-corrected chi connectivity index (χ1v) is 4.04. The normalized spacial score (nSPS) is 10.8. The van der Waals surface area contributed by atoms with Crippen molar-refractivity contribution in [3.63, 3.8) is 0 Å². The third-order valence-electron chi connectivity index (χ3n) is 1.73. The summed E-state index contributed by atoms with van der Waals surface area (Å²) in [6.45, 7) is 3.75. The van der Waals surface area contributed by atoms with Crippen LogP contribution in [-0.4, -0.2) is 4.98 Å². The molecular weight excluding hydrogens is 150 g/mol. The van der Waals surface area contributed by atoms with Crippen LogP contribution in [0.25, 0.3) is 11.1 Å². The van der Waals surface area contributed by atoms with E-state index in [4.69, 9.17) is 4.42 Å². The molecule has 0 fully saturated rings. The summed E-state index contributed by atoms with van der Waals surface area (Å²) in [6.07, 6.45) is 1.64. The van der Waals surface area contributed by atoms with Gasteiger partial charge in [0.15, 0.2) is 11.5 Å². The molecular formula is C10H10NO. The molecule has 2 nitrogen and oxygen atoms in total. The lowest BCUT2D eigenvalue weighted by Gasteiger charge is -1.84.